The molecule has 1 aliphatic heterocycles. The van der Waals surface area contributed by atoms with Crippen LogP contribution < -0.4 is 5.32 Å². The quantitative estimate of drug-likeness (QED) is 0.449. The molecule has 36 heavy (non-hydrogen) atoms. The van der Waals surface area contributed by atoms with E-state index < -0.39 is 0 Å². The zero-order valence-electron chi connectivity index (χ0n) is 19.8. The van der Waals surface area contributed by atoms with Gasteiger partial charge in [-0.1, -0.05) is 18.2 Å². The number of aromatic nitrogens is 4. The van der Waals surface area contributed by atoms with Crippen LogP contribution in [-0.4, -0.2) is 73.7 Å². The number of nitrogens with one attached hydrogen (secondary N) is 1. The van der Waals surface area contributed by atoms with Crippen LogP contribution in [0.25, 0.3) is 17.2 Å². The molecule has 1 N–H and O–H groups in total. The van der Waals surface area contributed by atoms with Gasteiger partial charge in [0.05, 0.1) is 12.7 Å². The van der Waals surface area contributed by atoms with Gasteiger partial charge in [-0.25, -0.2) is 19.3 Å². The number of carbonyl (C=O) groups is 2. The predicted molar refractivity (Wildman–Crippen MR) is 133 cm³/mol. The highest BCUT2D eigenvalue weighted by Gasteiger charge is 2.26. The number of benzene rings is 1. The molecule has 1 fully saturated rings. The fourth-order valence-corrected chi connectivity index (χ4v) is 4.39. The van der Waals surface area contributed by atoms with Crippen molar-refractivity contribution in [2.75, 3.05) is 32.0 Å². The summed E-state index contributed by atoms with van der Waals surface area (Å²) >= 11 is 0. The van der Waals surface area contributed by atoms with Crippen molar-refractivity contribution in [3.05, 3.63) is 78.5 Å². The lowest BCUT2D eigenvalue weighted by Crippen LogP contribution is -2.48. The highest BCUT2D eigenvalue weighted by atomic mass is 19.1. The largest absolute Gasteiger partial charge is 0.365 e. The van der Waals surface area contributed by atoms with Gasteiger partial charge in [-0.15, -0.1) is 0 Å². The maximum absolute atomic E-state index is 13.8. The van der Waals surface area contributed by atoms with Crippen molar-refractivity contribution in [3.63, 3.8) is 0 Å². The lowest BCUT2D eigenvalue weighted by Gasteiger charge is -2.34. The number of carbonyl (C=O) groups excluding carboxylic acids is 2. The molecule has 2 amide bonds. The Labute approximate surface area is 207 Å². The van der Waals surface area contributed by atoms with E-state index in [1.165, 1.54) is 17.2 Å². The molecular formula is C26H26FN7O2. The van der Waals surface area contributed by atoms with Crippen molar-refractivity contribution in [1.82, 2.24) is 29.2 Å². The third-order valence-corrected chi connectivity index (χ3v) is 6.22. The van der Waals surface area contributed by atoms with Gasteiger partial charge in [0.25, 0.3) is 5.91 Å². The zero-order valence-corrected chi connectivity index (χ0v) is 19.8. The van der Waals surface area contributed by atoms with Crippen molar-refractivity contribution in [2.24, 2.45) is 0 Å². The molecular weight excluding hydrogens is 461 g/mol. The van der Waals surface area contributed by atoms with Gasteiger partial charge >= 0.3 is 0 Å². The lowest BCUT2D eigenvalue weighted by molar-refractivity contribution is -0.132. The molecule has 184 valence electrons. The summed E-state index contributed by atoms with van der Waals surface area (Å²) < 4.78 is 15.4. The fourth-order valence-electron chi connectivity index (χ4n) is 4.39. The number of hydrogen-bond donors (Lipinski definition) is 1. The smallest absolute Gasteiger partial charge is 0.254 e. The van der Waals surface area contributed by atoms with Crippen LogP contribution in [0.5, 0.6) is 0 Å². The number of likely N-dealkylation sites (tertiary alicyclic amines) is 1. The van der Waals surface area contributed by atoms with E-state index in [1.54, 1.807) is 65.1 Å². The van der Waals surface area contributed by atoms with E-state index in [4.69, 9.17) is 0 Å². The SMILES string of the molecule is CN(CC(=O)N1CCCC(Nc2ccnc(-c3cnc4ccc(F)cn34)n2)C1)C(=O)c1ccccc1. The minimum atomic E-state index is -0.376. The summed E-state index contributed by atoms with van der Waals surface area (Å²) in [6.45, 7) is 1.17. The second kappa shape index (κ2) is 10.1. The number of hydrogen-bond acceptors (Lipinski definition) is 6. The van der Waals surface area contributed by atoms with Gasteiger partial charge in [-0.2, -0.15) is 0 Å². The average Bonchev–Trinajstić information content (AvgIpc) is 3.32. The standard InChI is InChI=1S/C26H26FN7O2/c1-32(26(36)18-6-3-2-4-7-18)17-24(35)33-13-5-8-20(16-33)30-22-11-12-28-25(31-22)21-14-29-23-10-9-19(27)15-34(21)23/h2-4,6-7,9-12,14-15,20H,5,8,13,16-17H2,1H3,(H,28,30,31). The Balaban J connectivity index is 1.23. The van der Waals surface area contributed by atoms with Crippen LogP contribution in [0.1, 0.15) is 23.2 Å². The Bertz CT molecular complexity index is 1390. The van der Waals surface area contributed by atoms with Crippen molar-refractivity contribution >= 4 is 23.3 Å². The van der Waals surface area contributed by atoms with Crippen LogP contribution in [0, 0.1) is 5.82 Å². The zero-order chi connectivity index (χ0) is 25.1. The molecule has 1 aromatic carbocycles. The van der Waals surface area contributed by atoms with Gasteiger partial charge in [0.15, 0.2) is 5.82 Å². The highest BCUT2D eigenvalue weighted by Crippen LogP contribution is 2.21. The molecule has 4 heterocycles. The molecule has 3 aromatic heterocycles. The molecule has 0 saturated carbocycles. The first kappa shape index (κ1) is 23.4. The number of anilines is 1. The molecule has 1 atom stereocenters. The maximum Gasteiger partial charge on any atom is 0.254 e. The molecule has 0 bridgehead atoms. The van der Waals surface area contributed by atoms with Gasteiger partial charge in [0.2, 0.25) is 5.91 Å². The normalized spacial score (nSPS) is 15.6. The third kappa shape index (κ3) is 5.02. The van der Waals surface area contributed by atoms with Crippen LogP contribution in [0.4, 0.5) is 10.2 Å². The van der Waals surface area contributed by atoms with Crippen LogP contribution in [-0.2, 0) is 4.79 Å². The van der Waals surface area contributed by atoms with Gasteiger partial charge in [0.1, 0.15) is 23.0 Å². The first-order valence-electron chi connectivity index (χ1n) is 11.8. The first-order valence-corrected chi connectivity index (χ1v) is 11.8. The molecule has 5 rings (SSSR count). The van der Waals surface area contributed by atoms with E-state index >= 15 is 0 Å². The predicted octanol–water partition coefficient (Wildman–Crippen LogP) is 3.11. The van der Waals surface area contributed by atoms with Crippen LogP contribution >= 0.6 is 0 Å². The van der Waals surface area contributed by atoms with Crippen LogP contribution in [0.15, 0.2) is 67.1 Å². The molecule has 4 aromatic rings. The van der Waals surface area contributed by atoms with Gasteiger partial charge in [0, 0.05) is 44.1 Å². The van der Waals surface area contributed by atoms with Crippen molar-refractivity contribution in [3.8, 4) is 11.5 Å². The number of nitrogens with zero attached hydrogens (tertiary/aromatic N) is 6. The fraction of sp³-hybridized carbons (Fsp3) is 0.269. The molecule has 0 spiro atoms. The minimum absolute atomic E-state index is 0.000194. The maximum atomic E-state index is 13.8. The summed E-state index contributed by atoms with van der Waals surface area (Å²) in [4.78, 5) is 42.0. The van der Waals surface area contributed by atoms with Crippen molar-refractivity contribution in [2.45, 2.75) is 18.9 Å². The van der Waals surface area contributed by atoms with E-state index in [0.717, 1.165) is 12.8 Å². The monoisotopic (exact) mass is 487 g/mol. The van der Waals surface area contributed by atoms with Crippen molar-refractivity contribution in [1.29, 1.82) is 0 Å². The first-order chi connectivity index (χ1) is 17.5. The summed E-state index contributed by atoms with van der Waals surface area (Å²) in [5.41, 5.74) is 1.74. The lowest BCUT2D eigenvalue weighted by atomic mass is 10.1. The number of imidazole rings is 1. The number of pyridine rings is 1. The number of piperidine rings is 1. The average molecular weight is 488 g/mol. The summed E-state index contributed by atoms with van der Waals surface area (Å²) in [6.07, 6.45) is 6.32. The topological polar surface area (TPSA) is 95.7 Å². The summed E-state index contributed by atoms with van der Waals surface area (Å²) in [7, 11) is 1.64. The highest BCUT2D eigenvalue weighted by molar-refractivity contribution is 5.96. The molecule has 1 unspecified atom stereocenters. The number of fused-ring (bicyclic) bond motifs is 1. The third-order valence-electron chi connectivity index (χ3n) is 6.22. The molecule has 1 aliphatic rings. The van der Waals surface area contributed by atoms with Gasteiger partial charge in [-0.3, -0.25) is 14.0 Å². The Kier molecular flexibility index (Phi) is 6.57. The van der Waals surface area contributed by atoms with Crippen molar-refractivity contribution < 1.29 is 14.0 Å². The Morgan fingerprint density at radius 1 is 1.14 bits per heavy atom. The minimum Gasteiger partial charge on any atom is -0.365 e. The second-order valence-corrected chi connectivity index (χ2v) is 8.83. The van der Waals surface area contributed by atoms with E-state index in [9.17, 15) is 14.0 Å². The molecule has 1 saturated heterocycles. The Morgan fingerprint density at radius 3 is 2.81 bits per heavy atom. The van der Waals surface area contributed by atoms with Gasteiger partial charge in [-0.05, 0) is 43.2 Å². The summed E-state index contributed by atoms with van der Waals surface area (Å²) in [5, 5.41) is 3.40. The van der Waals surface area contributed by atoms with E-state index in [0.29, 0.717) is 41.6 Å². The molecule has 0 radical (unpaired) electrons. The van der Waals surface area contributed by atoms with Crippen LogP contribution in [0.2, 0.25) is 0 Å². The van der Waals surface area contributed by atoms with E-state index in [1.807, 2.05) is 6.07 Å². The second-order valence-electron chi connectivity index (χ2n) is 8.83. The van der Waals surface area contributed by atoms with E-state index in [2.05, 4.69) is 20.3 Å². The molecule has 10 heteroatoms. The summed E-state index contributed by atoms with van der Waals surface area (Å²) in [5.74, 6) is 0.380. The number of rotatable bonds is 6. The van der Waals surface area contributed by atoms with Gasteiger partial charge < -0.3 is 15.1 Å². The van der Waals surface area contributed by atoms with E-state index in [-0.39, 0.29) is 30.2 Å². The Hall–Kier alpha value is -4.34. The number of amides is 2. The summed E-state index contributed by atoms with van der Waals surface area (Å²) in [6, 6.07) is 13.6. The molecule has 9 nitrogen and oxygen atoms in total. The number of halogens is 1. The molecule has 0 aliphatic carbocycles. The number of likely N-dealkylation sites (N-methyl/N-ethyl adjacent to an activating group) is 1. The van der Waals surface area contributed by atoms with Crippen LogP contribution in [0.3, 0.4) is 0 Å². The Morgan fingerprint density at radius 2 is 1.97 bits per heavy atom.